The van der Waals surface area contributed by atoms with Crippen molar-refractivity contribution in [3.8, 4) is 0 Å². The van der Waals surface area contributed by atoms with Gasteiger partial charge in [-0.1, -0.05) is 24.3 Å². The van der Waals surface area contributed by atoms with Gasteiger partial charge < -0.3 is 0 Å². The van der Waals surface area contributed by atoms with Gasteiger partial charge in [-0.2, -0.15) is 0 Å². The third kappa shape index (κ3) is 1.70. The summed E-state index contributed by atoms with van der Waals surface area (Å²) in [5.74, 6) is -0.394. The van der Waals surface area contributed by atoms with Crippen molar-refractivity contribution in [3.63, 3.8) is 0 Å². The number of hydrogen-bond donors (Lipinski definition) is 0. The van der Waals surface area contributed by atoms with E-state index < -0.39 is 0 Å². The number of fused-ring (bicyclic) bond motifs is 1. The Labute approximate surface area is 119 Å². The molecule has 2 atom stereocenters. The van der Waals surface area contributed by atoms with E-state index in [-0.39, 0.29) is 23.7 Å². The number of nitrogens with zero attached hydrogens (tertiary/aromatic N) is 1. The smallest absolute Gasteiger partial charge is 0.238 e. The molecule has 1 fully saturated rings. The van der Waals surface area contributed by atoms with Crippen LogP contribution in [0.1, 0.15) is 12.8 Å². The van der Waals surface area contributed by atoms with E-state index in [0.717, 1.165) is 9.26 Å². The van der Waals surface area contributed by atoms with Crippen molar-refractivity contribution in [2.45, 2.75) is 12.8 Å². The molecule has 1 aromatic carbocycles. The van der Waals surface area contributed by atoms with Gasteiger partial charge in [0, 0.05) is 3.57 Å². The Hall–Kier alpha value is -1.17. The van der Waals surface area contributed by atoms with Crippen molar-refractivity contribution in [1.82, 2.24) is 0 Å². The fourth-order valence-corrected chi connectivity index (χ4v) is 3.30. The first-order chi connectivity index (χ1) is 8.70. The number of imide groups is 1. The summed E-state index contributed by atoms with van der Waals surface area (Å²) in [5.41, 5.74) is 0.725. The minimum absolute atomic E-state index is 0.0431. The topological polar surface area (TPSA) is 37.4 Å². The zero-order valence-corrected chi connectivity index (χ0v) is 11.8. The Morgan fingerprint density at radius 3 is 2.11 bits per heavy atom. The summed E-state index contributed by atoms with van der Waals surface area (Å²) in [6.45, 7) is 0. The minimum atomic E-state index is -0.154. The Morgan fingerprint density at radius 2 is 1.56 bits per heavy atom. The number of allylic oxidation sites excluding steroid dienone is 2. The summed E-state index contributed by atoms with van der Waals surface area (Å²) in [7, 11) is 0. The summed E-state index contributed by atoms with van der Waals surface area (Å²) in [6, 6.07) is 7.52. The number of carbonyl (C=O) groups is 2. The van der Waals surface area contributed by atoms with Crippen LogP contribution in [0.25, 0.3) is 0 Å². The third-order valence-electron chi connectivity index (χ3n) is 3.60. The lowest BCUT2D eigenvalue weighted by Gasteiger charge is -2.16. The van der Waals surface area contributed by atoms with Crippen molar-refractivity contribution in [2.75, 3.05) is 4.90 Å². The molecule has 3 nitrogen and oxygen atoms in total. The zero-order chi connectivity index (χ0) is 12.7. The van der Waals surface area contributed by atoms with Crippen LogP contribution in [-0.2, 0) is 9.59 Å². The van der Waals surface area contributed by atoms with Crippen molar-refractivity contribution in [3.05, 3.63) is 40.0 Å². The fraction of sp³-hybridized carbons (Fsp3) is 0.286. The van der Waals surface area contributed by atoms with Gasteiger partial charge in [-0.25, -0.2) is 4.90 Å². The van der Waals surface area contributed by atoms with Gasteiger partial charge in [-0.3, -0.25) is 9.59 Å². The number of rotatable bonds is 1. The lowest BCUT2D eigenvalue weighted by atomic mass is 9.85. The van der Waals surface area contributed by atoms with Gasteiger partial charge in [0.15, 0.2) is 0 Å². The number of hydrogen-bond acceptors (Lipinski definition) is 2. The van der Waals surface area contributed by atoms with Crippen molar-refractivity contribution >= 4 is 40.1 Å². The maximum absolute atomic E-state index is 12.4. The molecule has 0 radical (unpaired) electrons. The first-order valence-electron chi connectivity index (χ1n) is 5.97. The summed E-state index contributed by atoms with van der Waals surface area (Å²) < 4.78 is 0.934. The van der Waals surface area contributed by atoms with Gasteiger partial charge in [-0.05, 0) is 47.6 Å². The monoisotopic (exact) mass is 353 g/mol. The van der Waals surface area contributed by atoms with Crippen LogP contribution in [0.4, 0.5) is 5.69 Å². The fourth-order valence-electron chi connectivity index (χ4n) is 2.67. The second kappa shape index (κ2) is 4.50. The van der Waals surface area contributed by atoms with Crippen LogP contribution in [0.5, 0.6) is 0 Å². The molecular formula is C14H12INO2. The van der Waals surface area contributed by atoms with Gasteiger partial charge in [0.05, 0.1) is 17.5 Å². The van der Waals surface area contributed by atoms with Gasteiger partial charge in [-0.15, -0.1) is 0 Å². The largest absolute Gasteiger partial charge is 0.274 e. The van der Waals surface area contributed by atoms with Crippen molar-refractivity contribution in [1.29, 1.82) is 0 Å². The molecule has 1 aliphatic heterocycles. The summed E-state index contributed by atoms with van der Waals surface area (Å²) in [5, 5.41) is 0. The molecule has 2 amide bonds. The van der Waals surface area contributed by atoms with Crippen LogP contribution in [0.15, 0.2) is 36.4 Å². The Bertz CT molecular complexity index is 526. The van der Waals surface area contributed by atoms with Crippen molar-refractivity contribution in [2.24, 2.45) is 11.8 Å². The number of anilines is 1. The summed E-state index contributed by atoms with van der Waals surface area (Å²) >= 11 is 2.16. The SMILES string of the molecule is O=C1C2CC=CCC2C(=O)N1c1ccccc1I. The number of halogens is 1. The van der Waals surface area contributed by atoms with Gasteiger partial charge in [0.25, 0.3) is 0 Å². The predicted octanol–water partition coefficient (Wildman–Crippen LogP) is 2.75. The van der Waals surface area contributed by atoms with Crippen LogP contribution < -0.4 is 4.90 Å². The Kier molecular flexibility index (Phi) is 2.97. The van der Waals surface area contributed by atoms with Crippen LogP contribution in [0.3, 0.4) is 0 Å². The molecule has 1 aromatic rings. The molecule has 1 saturated heterocycles. The lowest BCUT2D eigenvalue weighted by molar-refractivity contribution is -0.122. The van der Waals surface area contributed by atoms with E-state index in [9.17, 15) is 9.59 Å². The molecule has 0 spiro atoms. The number of benzene rings is 1. The second-order valence-corrected chi connectivity index (χ2v) is 5.78. The molecule has 2 aliphatic rings. The number of para-hydroxylation sites is 1. The van der Waals surface area contributed by atoms with Crippen LogP contribution >= 0.6 is 22.6 Å². The van der Waals surface area contributed by atoms with E-state index in [1.165, 1.54) is 4.90 Å². The Balaban J connectivity index is 2.02. The molecular weight excluding hydrogens is 341 g/mol. The van der Waals surface area contributed by atoms with Gasteiger partial charge in [0.1, 0.15) is 0 Å². The highest BCUT2D eigenvalue weighted by atomic mass is 127. The number of amides is 2. The molecule has 0 bridgehead atoms. The maximum Gasteiger partial charge on any atom is 0.238 e. The van der Waals surface area contributed by atoms with E-state index in [2.05, 4.69) is 22.6 Å². The molecule has 1 aliphatic carbocycles. The Morgan fingerprint density at radius 1 is 1.00 bits per heavy atom. The average Bonchev–Trinajstić information content (AvgIpc) is 2.64. The summed E-state index contributed by atoms with van der Waals surface area (Å²) in [6.07, 6.45) is 5.39. The first-order valence-corrected chi connectivity index (χ1v) is 7.05. The minimum Gasteiger partial charge on any atom is -0.274 e. The third-order valence-corrected chi connectivity index (χ3v) is 4.51. The predicted molar refractivity (Wildman–Crippen MR) is 77.0 cm³/mol. The van der Waals surface area contributed by atoms with Crippen LogP contribution in [0, 0.1) is 15.4 Å². The van der Waals surface area contributed by atoms with E-state index in [1.807, 2.05) is 36.4 Å². The molecule has 3 rings (SSSR count). The van der Waals surface area contributed by atoms with E-state index >= 15 is 0 Å². The lowest BCUT2D eigenvalue weighted by Crippen LogP contribution is -2.31. The molecule has 18 heavy (non-hydrogen) atoms. The molecule has 4 heteroatoms. The summed E-state index contributed by atoms with van der Waals surface area (Å²) in [4.78, 5) is 26.1. The molecule has 2 unspecified atom stereocenters. The van der Waals surface area contributed by atoms with Gasteiger partial charge >= 0.3 is 0 Å². The van der Waals surface area contributed by atoms with Crippen LogP contribution in [0.2, 0.25) is 0 Å². The average molecular weight is 353 g/mol. The first kappa shape index (κ1) is 11.9. The molecule has 92 valence electrons. The van der Waals surface area contributed by atoms with Crippen molar-refractivity contribution < 1.29 is 9.59 Å². The number of carbonyl (C=O) groups excluding carboxylic acids is 2. The molecule has 0 saturated carbocycles. The van der Waals surface area contributed by atoms with E-state index in [0.29, 0.717) is 12.8 Å². The second-order valence-electron chi connectivity index (χ2n) is 4.62. The molecule has 0 aromatic heterocycles. The normalized spacial score (nSPS) is 26.6. The molecule has 0 N–H and O–H groups in total. The van der Waals surface area contributed by atoms with E-state index in [1.54, 1.807) is 0 Å². The highest BCUT2D eigenvalue weighted by Gasteiger charge is 2.48. The van der Waals surface area contributed by atoms with Crippen LogP contribution in [-0.4, -0.2) is 11.8 Å². The highest BCUT2D eigenvalue weighted by Crippen LogP contribution is 2.38. The van der Waals surface area contributed by atoms with E-state index in [4.69, 9.17) is 0 Å². The maximum atomic E-state index is 12.4. The highest BCUT2D eigenvalue weighted by molar-refractivity contribution is 14.1. The molecule has 1 heterocycles. The zero-order valence-electron chi connectivity index (χ0n) is 9.67. The quantitative estimate of drug-likeness (QED) is 0.442. The van der Waals surface area contributed by atoms with Gasteiger partial charge in [0.2, 0.25) is 11.8 Å². The standard InChI is InChI=1S/C14H12INO2/c15-11-7-3-4-8-12(11)16-13(17)9-5-1-2-6-10(9)14(16)18/h1-4,7-10H,5-6H2.